The third-order valence-corrected chi connectivity index (χ3v) is 13.3. The van der Waals surface area contributed by atoms with E-state index in [2.05, 4.69) is 273 Å². The number of benzene rings is 11. The minimum atomic E-state index is 0.942. The van der Waals surface area contributed by atoms with E-state index in [9.17, 15) is 0 Å². The van der Waals surface area contributed by atoms with Gasteiger partial charge in [0, 0.05) is 28.1 Å². The maximum atomic E-state index is 5.44. The van der Waals surface area contributed by atoms with Crippen LogP contribution in [0.1, 0.15) is 5.69 Å². The highest BCUT2D eigenvalue weighted by atomic mass is 15.3. The summed E-state index contributed by atoms with van der Waals surface area (Å²) in [4.78, 5) is 0. The van der Waals surface area contributed by atoms with Crippen LogP contribution in [0.2, 0.25) is 0 Å². The summed E-state index contributed by atoms with van der Waals surface area (Å²) >= 11 is 0. The third-order valence-electron chi connectivity index (χ3n) is 13.3. The van der Waals surface area contributed by atoms with Gasteiger partial charge in [-0.15, -0.1) is 0 Å². The molecule has 12 aromatic rings. The molecule has 2 nitrogen and oxygen atoms in total. The monoisotopic (exact) mass is 866 g/mol. The fraction of sp³-hybridized carbons (Fsp3) is 0.0152. The first-order valence-corrected chi connectivity index (χ1v) is 23.4. The van der Waals surface area contributed by atoms with Crippen molar-refractivity contribution in [2.24, 2.45) is 0 Å². The lowest BCUT2D eigenvalue weighted by Gasteiger charge is -2.29. The molecule has 0 N–H and O–H groups in total. The number of aryl methyl sites for hydroxylation is 1. The summed E-state index contributed by atoms with van der Waals surface area (Å²) in [5.74, 6) is 0. The van der Waals surface area contributed by atoms with Gasteiger partial charge in [-0.3, -0.25) is 0 Å². The molecular formula is C66H46N2. The average Bonchev–Trinajstić information content (AvgIpc) is 3.86. The number of aromatic nitrogens is 2. The smallest absolute Gasteiger partial charge is 0.0815 e. The van der Waals surface area contributed by atoms with E-state index in [1.807, 2.05) is 0 Å². The Hall–Kier alpha value is -8.85. The summed E-state index contributed by atoms with van der Waals surface area (Å²) in [6, 6.07) is 92.8. The maximum absolute atomic E-state index is 5.44. The molecule has 12 rings (SSSR count). The van der Waals surface area contributed by atoms with Gasteiger partial charge in [0.1, 0.15) is 0 Å². The lowest BCUT2D eigenvalue weighted by Crippen LogP contribution is -2.06. The summed E-state index contributed by atoms with van der Waals surface area (Å²) in [6.07, 6.45) is 2.16. The fourth-order valence-corrected chi connectivity index (χ4v) is 10.5. The molecule has 0 fully saturated rings. The summed E-state index contributed by atoms with van der Waals surface area (Å²) in [6.45, 7) is 2.09. The van der Waals surface area contributed by atoms with E-state index in [0.29, 0.717) is 0 Å². The molecule has 0 saturated heterocycles. The van der Waals surface area contributed by atoms with E-state index < -0.39 is 0 Å². The lowest BCUT2D eigenvalue weighted by atomic mass is 9.74. The van der Waals surface area contributed by atoms with Gasteiger partial charge < -0.3 is 0 Å². The van der Waals surface area contributed by atoms with E-state index in [4.69, 9.17) is 5.10 Å². The molecule has 0 spiro atoms. The number of hydrogen-bond acceptors (Lipinski definition) is 1. The Bertz CT molecular complexity index is 3490. The largest absolute Gasteiger partial charge is 0.239 e. The van der Waals surface area contributed by atoms with Crippen LogP contribution in [-0.2, 0) is 0 Å². The van der Waals surface area contributed by atoms with E-state index >= 15 is 0 Å². The molecule has 0 radical (unpaired) electrons. The molecule has 0 unspecified atom stereocenters. The molecule has 0 saturated carbocycles. The first-order chi connectivity index (χ1) is 33.7. The third kappa shape index (κ3) is 7.03. The van der Waals surface area contributed by atoms with Crippen molar-refractivity contribution in [3.8, 4) is 94.7 Å². The zero-order valence-corrected chi connectivity index (χ0v) is 37.7. The molecule has 320 valence electrons. The minimum Gasteiger partial charge on any atom is -0.239 e. The van der Waals surface area contributed by atoms with Gasteiger partial charge in [0.25, 0.3) is 0 Å². The van der Waals surface area contributed by atoms with E-state index in [0.717, 1.165) is 88.6 Å². The molecule has 0 aliphatic heterocycles. The van der Waals surface area contributed by atoms with Crippen LogP contribution in [0.25, 0.3) is 116 Å². The molecule has 0 amide bonds. The quantitative estimate of drug-likeness (QED) is 0.132. The van der Waals surface area contributed by atoms with Crippen LogP contribution in [0, 0.1) is 6.92 Å². The SMILES string of the molecule is Cc1ccn(-c2c3c(-c4ccccc4)c(-c4ccccc4)c(-c4ccccc4)c(-c4ccccc4)c3cc3c(-c4ccccc4)c(-c4ccccc4)c(-c4ccccc4)c(-c4ccccc4)c23)n1. The normalized spacial score (nSPS) is 11.3. The van der Waals surface area contributed by atoms with Crippen molar-refractivity contribution < 1.29 is 0 Å². The second-order valence-electron chi connectivity index (χ2n) is 17.4. The zero-order chi connectivity index (χ0) is 45.4. The van der Waals surface area contributed by atoms with Crippen molar-refractivity contribution in [2.45, 2.75) is 6.92 Å². The molecule has 0 bridgehead atoms. The molecule has 0 aliphatic rings. The predicted molar refractivity (Wildman–Crippen MR) is 287 cm³/mol. The Morgan fingerprint density at radius 2 is 0.500 bits per heavy atom. The first kappa shape index (κ1) is 40.6. The lowest BCUT2D eigenvalue weighted by molar-refractivity contribution is 0.875. The Labute approximate surface area is 397 Å². The number of fused-ring (bicyclic) bond motifs is 2. The second kappa shape index (κ2) is 17.5. The summed E-state index contributed by atoms with van der Waals surface area (Å²) in [5.41, 5.74) is 20.5. The van der Waals surface area contributed by atoms with Gasteiger partial charge in [0.15, 0.2) is 0 Å². The standard InChI is InChI=1S/C66H46N2/c1-45-42-43-68(67-45)66-64-54(56(46-26-10-2-11-27-46)58(48-30-14-4-15-31-48)60(50-34-18-6-19-35-50)62(64)52-38-22-8-23-39-52)44-55-57(47-28-12-3-13-29-47)59(49-32-16-5-17-33-49)61(51-36-20-7-21-37-51)63(65(55)66)53-40-24-9-25-41-53/h2-44H,1H3. The van der Waals surface area contributed by atoms with Crippen LogP contribution in [0.15, 0.2) is 261 Å². The van der Waals surface area contributed by atoms with Crippen molar-refractivity contribution >= 4 is 21.5 Å². The summed E-state index contributed by atoms with van der Waals surface area (Å²) < 4.78 is 2.18. The summed E-state index contributed by atoms with van der Waals surface area (Å²) in [7, 11) is 0. The summed E-state index contributed by atoms with van der Waals surface area (Å²) in [5, 5.41) is 9.99. The Morgan fingerprint density at radius 3 is 0.750 bits per heavy atom. The Kier molecular flexibility index (Phi) is 10.5. The fourth-order valence-electron chi connectivity index (χ4n) is 10.5. The highest BCUT2D eigenvalue weighted by molar-refractivity contribution is 6.30. The molecule has 68 heavy (non-hydrogen) atoms. The van der Waals surface area contributed by atoms with Gasteiger partial charge >= 0.3 is 0 Å². The number of rotatable bonds is 9. The van der Waals surface area contributed by atoms with Crippen LogP contribution < -0.4 is 0 Å². The molecular weight excluding hydrogens is 821 g/mol. The van der Waals surface area contributed by atoms with Crippen molar-refractivity contribution in [1.29, 1.82) is 0 Å². The molecule has 1 heterocycles. The predicted octanol–water partition coefficient (Wildman–Crippen LogP) is 17.8. The molecule has 0 atom stereocenters. The van der Waals surface area contributed by atoms with Crippen molar-refractivity contribution in [2.75, 3.05) is 0 Å². The highest BCUT2D eigenvalue weighted by Crippen LogP contribution is 2.58. The molecule has 2 heteroatoms. The first-order valence-electron chi connectivity index (χ1n) is 23.4. The van der Waals surface area contributed by atoms with Gasteiger partial charge in [-0.25, -0.2) is 4.68 Å². The van der Waals surface area contributed by atoms with E-state index in [-0.39, 0.29) is 0 Å². The van der Waals surface area contributed by atoms with Crippen molar-refractivity contribution in [3.63, 3.8) is 0 Å². The van der Waals surface area contributed by atoms with Gasteiger partial charge in [0.05, 0.1) is 11.4 Å². The van der Waals surface area contributed by atoms with Gasteiger partial charge in [0.2, 0.25) is 0 Å². The highest BCUT2D eigenvalue weighted by Gasteiger charge is 2.32. The molecule has 0 aliphatic carbocycles. The van der Waals surface area contributed by atoms with Gasteiger partial charge in [-0.2, -0.15) is 5.10 Å². The minimum absolute atomic E-state index is 0.942. The van der Waals surface area contributed by atoms with Crippen LogP contribution in [-0.4, -0.2) is 9.78 Å². The van der Waals surface area contributed by atoms with Gasteiger partial charge in [-0.05, 0) is 108 Å². The van der Waals surface area contributed by atoms with Crippen LogP contribution >= 0.6 is 0 Å². The molecule has 11 aromatic carbocycles. The topological polar surface area (TPSA) is 17.8 Å². The average molecular weight is 867 g/mol. The van der Waals surface area contributed by atoms with Crippen molar-refractivity contribution in [1.82, 2.24) is 9.78 Å². The number of nitrogens with zero attached hydrogens (tertiary/aromatic N) is 2. The van der Waals surface area contributed by atoms with Crippen LogP contribution in [0.3, 0.4) is 0 Å². The molecule has 1 aromatic heterocycles. The number of hydrogen-bond donors (Lipinski definition) is 0. The second-order valence-corrected chi connectivity index (χ2v) is 17.4. The van der Waals surface area contributed by atoms with Crippen LogP contribution in [0.4, 0.5) is 0 Å². The van der Waals surface area contributed by atoms with Gasteiger partial charge in [-0.1, -0.05) is 243 Å². The van der Waals surface area contributed by atoms with Crippen LogP contribution in [0.5, 0.6) is 0 Å². The van der Waals surface area contributed by atoms with E-state index in [1.165, 1.54) is 33.4 Å². The van der Waals surface area contributed by atoms with E-state index in [1.54, 1.807) is 0 Å². The Morgan fingerprint density at radius 1 is 0.265 bits per heavy atom. The Balaban J connectivity index is 1.48. The van der Waals surface area contributed by atoms with Crippen molar-refractivity contribution in [3.05, 3.63) is 267 Å². The zero-order valence-electron chi connectivity index (χ0n) is 37.7. The maximum Gasteiger partial charge on any atom is 0.0815 e.